The van der Waals surface area contributed by atoms with Crippen molar-refractivity contribution in [1.29, 1.82) is 0 Å². The molecule has 6 nitrogen and oxygen atoms in total. The third-order valence-corrected chi connectivity index (χ3v) is 4.05. The van der Waals surface area contributed by atoms with Crippen LogP contribution in [0.4, 0.5) is 11.6 Å². The lowest BCUT2D eigenvalue weighted by atomic mass is 10.0. The van der Waals surface area contributed by atoms with Gasteiger partial charge in [-0.15, -0.1) is 0 Å². The summed E-state index contributed by atoms with van der Waals surface area (Å²) in [5.41, 5.74) is 0.856. The SMILES string of the molecule is C=CC(=O)N1CCCC[C@H]1c1nc(C)cc(Nc2ccccn2)n1. The van der Waals surface area contributed by atoms with Crippen molar-refractivity contribution in [3.63, 3.8) is 0 Å². The van der Waals surface area contributed by atoms with Crippen molar-refractivity contribution >= 4 is 17.5 Å². The second-order valence-corrected chi connectivity index (χ2v) is 5.84. The Morgan fingerprint density at radius 3 is 2.96 bits per heavy atom. The number of piperidine rings is 1. The van der Waals surface area contributed by atoms with Gasteiger partial charge in [-0.3, -0.25) is 4.79 Å². The van der Waals surface area contributed by atoms with Gasteiger partial charge in [-0.25, -0.2) is 15.0 Å². The van der Waals surface area contributed by atoms with Crippen molar-refractivity contribution in [2.75, 3.05) is 11.9 Å². The molecule has 1 fully saturated rings. The molecule has 1 aliphatic heterocycles. The molecule has 0 bridgehead atoms. The van der Waals surface area contributed by atoms with E-state index >= 15 is 0 Å². The number of aromatic nitrogens is 3. The van der Waals surface area contributed by atoms with E-state index in [1.54, 1.807) is 6.20 Å². The van der Waals surface area contributed by atoms with Crippen LogP contribution >= 0.6 is 0 Å². The smallest absolute Gasteiger partial charge is 0.246 e. The molecule has 2 aromatic rings. The topological polar surface area (TPSA) is 71.0 Å². The van der Waals surface area contributed by atoms with Gasteiger partial charge in [-0.1, -0.05) is 12.6 Å². The molecule has 0 radical (unpaired) electrons. The molecule has 6 heteroatoms. The maximum Gasteiger partial charge on any atom is 0.246 e. The summed E-state index contributed by atoms with van der Waals surface area (Å²) in [6, 6.07) is 7.43. The van der Waals surface area contributed by atoms with E-state index in [0.717, 1.165) is 37.3 Å². The quantitative estimate of drug-likeness (QED) is 0.875. The summed E-state index contributed by atoms with van der Waals surface area (Å²) in [4.78, 5) is 27.4. The molecule has 0 spiro atoms. The number of likely N-dealkylation sites (tertiary alicyclic amines) is 1. The van der Waals surface area contributed by atoms with Gasteiger partial charge in [0.05, 0.1) is 6.04 Å². The van der Waals surface area contributed by atoms with Gasteiger partial charge in [0.1, 0.15) is 11.6 Å². The predicted molar refractivity (Wildman–Crippen MR) is 92.8 cm³/mol. The predicted octanol–water partition coefficient (Wildman–Crippen LogP) is 3.16. The Labute approximate surface area is 141 Å². The number of carbonyl (C=O) groups is 1. The van der Waals surface area contributed by atoms with Crippen molar-refractivity contribution in [1.82, 2.24) is 19.9 Å². The minimum atomic E-state index is -0.103. The van der Waals surface area contributed by atoms with E-state index in [1.807, 2.05) is 36.1 Å². The van der Waals surface area contributed by atoms with E-state index in [4.69, 9.17) is 0 Å². The molecule has 0 unspecified atom stereocenters. The summed E-state index contributed by atoms with van der Waals surface area (Å²) in [5.74, 6) is 2.02. The summed E-state index contributed by atoms with van der Waals surface area (Å²) in [5, 5.41) is 3.20. The van der Waals surface area contributed by atoms with Crippen LogP contribution < -0.4 is 5.32 Å². The summed E-state index contributed by atoms with van der Waals surface area (Å²) in [6.07, 6.45) is 6.02. The monoisotopic (exact) mass is 323 g/mol. The largest absolute Gasteiger partial charge is 0.329 e. The average molecular weight is 323 g/mol. The maximum absolute atomic E-state index is 12.1. The van der Waals surface area contributed by atoms with Crippen LogP contribution in [-0.4, -0.2) is 32.3 Å². The number of amides is 1. The van der Waals surface area contributed by atoms with Crippen molar-refractivity contribution in [3.8, 4) is 0 Å². The lowest BCUT2D eigenvalue weighted by Gasteiger charge is -2.34. The first-order valence-corrected chi connectivity index (χ1v) is 8.14. The molecule has 1 atom stereocenters. The van der Waals surface area contributed by atoms with Gasteiger partial charge in [0, 0.05) is 24.5 Å². The molecule has 1 aliphatic rings. The first kappa shape index (κ1) is 16.1. The van der Waals surface area contributed by atoms with E-state index < -0.39 is 0 Å². The molecular formula is C18H21N5O. The van der Waals surface area contributed by atoms with Crippen LogP contribution in [0.15, 0.2) is 43.1 Å². The number of hydrogen-bond donors (Lipinski definition) is 1. The number of aryl methyl sites for hydroxylation is 1. The fourth-order valence-corrected chi connectivity index (χ4v) is 2.95. The van der Waals surface area contributed by atoms with E-state index in [2.05, 4.69) is 26.8 Å². The van der Waals surface area contributed by atoms with Gasteiger partial charge in [0.15, 0.2) is 5.82 Å². The average Bonchev–Trinajstić information content (AvgIpc) is 2.61. The highest BCUT2D eigenvalue weighted by atomic mass is 16.2. The van der Waals surface area contributed by atoms with Crippen LogP contribution in [0.3, 0.4) is 0 Å². The van der Waals surface area contributed by atoms with Crippen LogP contribution in [0.5, 0.6) is 0 Å². The Hall–Kier alpha value is -2.76. The van der Waals surface area contributed by atoms with E-state index in [0.29, 0.717) is 11.6 Å². The summed E-state index contributed by atoms with van der Waals surface area (Å²) in [6.45, 7) is 6.25. The molecule has 0 saturated carbocycles. The summed E-state index contributed by atoms with van der Waals surface area (Å²) < 4.78 is 0. The molecule has 0 aliphatic carbocycles. The highest BCUT2D eigenvalue weighted by Crippen LogP contribution is 2.30. The molecule has 3 rings (SSSR count). The molecule has 1 saturated heterocycles. The van der Waals surface area contributed by atoms with Crippen molar-refractivity contribution in [3.05, 3.63) is 54.6 Å². The normalized spacial score (nSPS) is 17.4. The lowest BCUT2D eigenvalue weighted by Crippen LogP contribution is -2.38. The van der Waals surface area contributed by atoms with Crippen LogP contribution in [0.1, 0.15) is 36.8 Å². The van der Waals surface area contributed by atoms with Gasteiger partial charge >= 0.3 is 0 Å². The Morgan fingerprint density at radius 2 is 2.21 bits per heavy atom. The van der Waals surface area contributed by atoms with Gasteiger partial charge < -0.3 is 10.2 Å². The van der Waals surface area contributed by atoms with Crippen molar-refractivity contribution < 1.29 is 4.79 Å². The van der Waals surface area contributed by atoms with E-state index in [-0.39, 0.29) is 11.9 Å². The van der Waals surface area contributed by atoms with Gasteiger partial charge in [-0.2, -0.15) is 0 Å². The number of nitrogens with zero attached hydrogens (tertiary/aromatic N) is 4. The number of nitrogens with one attached hydrogen (secondary N) is 1. The first-order chi connectivity index (χ1) is 11.7. The molecule has 3 heterocycles. The molecule has 1 amide bonds. The number of anilines is 2. The van der Waals surface area contributed by atoms with Crippen LogP contribution in [0.2, 0.25) is 0 Å². The van der Waals surface area contributed by atoms with Gasteiger partial charge in [0.25, 0.3) is 0 Å². The van der Waals surface area contributed by atoms with Crippen molar-refractivity contribution in [2.45, 2.75) is 32.2 Å². The molecule has 24 heavy (non-hydrogen) atoms. The summed E-state index contributed by atoms with van der Waals surface area (Å²) >= 11 is 0. The van der Waals surface area contributed by atoms with Crippen LogP contribution in [0.25, 0.3) is 0 Å². The minimum Gasteiger partial charge on any atom is -0.329 e. The van der Waals surface area contributed by atoms with Crippen molar-refractivity contribution in [2.24, 2.45) is 0 Å². The Balaban J connectivity index is 1.89. The van der Waals surface area contributed by atoms with E-state index in [9.17, 15) is 4.79 Å². The zero-order valence-corrected chi connectivity index (χ0v) is 13.8. The third-order valence-electron chi connectivity index (χ3n) is 4.05. The van der Waals surface area contributed by atoms with Crippen LogP contribution in [0, 0.1) is 6.92 Å². The highest BCUT2D eigenvalue weighted by molar-refractivity contribution is 5.87. The molecular weight excluding hydrogens is 302 g/mol. The Bertz CT molecular complexity index is 731. The molecule has 1 N–H and O–H groups in total. The fourth-order valence-electron chi connectivity index (χ4n) is 2.95. The number of rotatable bonds is 4. The maximum atomic E-state index is 12.1. The number of hydrogen-bond acceptors (Lipinski definition) is 5. The molecule has 124 valence electrons. The zero-order chi connectivity index (χ0) is 16.9. The molecule has 2 aromatic heterocycles. The lowest BCUT2D eigenvalue weighted by molar-refractivity contribution is -0.129. The standard InChI is InChI=1S/C18H21N5O/c1-3-17(24)23-11-7-5-8-14(23)18-20-13(2)12-16(22-18)21-15-9-4-6-10-19-15/h3-4,6,9-10,12,14H,1,5,7-8,11H2,2H3,(H,19,20,21,22)/t14-/m0/s1. The zero-order valence-electron chi connectivity index (χ0n) is 13.8. The minimum absolute atomic E-state index is 0.0657. The molecule has 0 aromatic carbocycles. The van der Waals surface area contributed by atoms with Gasteiger partial charge in [0.2, 0.25) is 5.91 Å². The summed E-state index contributed by atoms with van der Waals surface area (Å²) in [7, 11) is 0. The van der Waals surface area contributed by atoms with Crippen LogP contribution in [-0.2, 0) is 4.79 Å². The van der Waals surface area contributed by atoms with E-state index in [1.165, 1.54) is 6.08 Å². The number of pyridine rings is 1. The second kappa shape index (κ2) is 7.21. The van der Waals surface area contributed by atoms with Gasteiger partial charge in [-0.05, 0) is 44.4 Å². The first-order valence-electron chi connectivity index (χ1n) is 8.14. The highest BCUT2D eigenvalue weighted by Gasteiger charge is 2.29. The Kier molecular flexibility index (Phi) is 4.84. The number of carbonyl (C=O) groups excluding carboxylic acids is 1. The third kappa shape index (κ3) is 3.59. The Morgan fingerprint density at radius 1 is 1.33 bits per heavy atom. The second-order valence-electron chi connectivity index (χ2n) is 5.84. The fraction of sp³-hybridized carbons (Fsp3) is 0.333.